The SMILES string of the molecule is C=CCNCC(=C)C(C(C)C)C(C)C. The monoisotopic (exact) mass is 195 g/mol. The van der Waals surface area contributed by atoms with E-state index in [1.807, 2.05) is 6.08 Å². The van der Waals surface area contributed by atoms with Crippen LogP contribution in [-0.4, -0.2) is 13.1 Å². The lowest BCUT2D eigenvalue weighted by atomic mass is 9.80. The van der Waals surface area contributed by atoms with Crippen LogP contribution in [0.15, 0.2) is 24.8 Å². The molecule has 0 aliphatic heterocycles. The predicted octanol–water partition coefficient (Wildman–Crippen LogP) is 3.25. The van der Waals surface area contributed by atoms with E-state index in [4.69, 9.17) is 0 Å². The van der Waals surface area contributed by atoms with E-state index in [0.717, 1.165) is 13.1 Å². The number of rotatable bonds is 7. The summed E-state index contributed by atoms with van der Waals surface area (Å²) >= 11 is 0. The van der Waals surface area contributed by atoms with Gasteiger partial charge in [-0.3, -0.25) is 0 Å². The van der Waals surface area contributed by atoms with Crippen LogP contribution < -0.4 is 5.32 Å². The van der Waals surface area contributed by atoms with E-state index in [9.17, 15) is 0 Å². The van der Waals surface area contributed by atoms with Crippen LogP contribution in [0.25, 0.3) is 0 Å². The first kappa shape index (κ1) is 13.4. The minimum Gasteiger partial charge on any atom is -0.310 e. The fraction of sp³-hybridized carbons (Fsp3) is 0.692. The summed E-state index contributed by atoms with van der Waals surface area (Å²) in [4.78, 5) is 0. The van der Waals surface area contributed by atoms with Crippen LogP contribution in [0.4, 0.5) is 0 Å². The highest BCUT2D eigenvalue weighted by Crippen LogP contribution is 2.26. The number of nitrogens with one attached hydrogen (secondary N) is 1. The maximum Gasteiger partial charge on any atom is 0.0167 e. The molecule has 0 aromatic heterocycles. The Hall–Kier alpha value is -0.560. The molecule has 0 radical (unpaired) electrons. The summed E-state index contributed by atoms with van der Waals surface area (Å²) in [5.41, 5.74) is 1.32. The fourth-order valence-electron chi connectivity index (χ4n) is 2.17. The lowest BCUT2D eigenvalue weighted by molar-refractivity contribution is 0.332. The van der Waals surface area contributed by atoms with E-state index in [0.29, 0.717) is 17.8 Å². The first-order valence-electron chi connectivity index (χ1n) is 5.50. The van der Waals surface area contributed by atoms with Gasteiger partial charge in [-0.2, -0.15) is 0 Å². The summed E-state index contributed by atoms with van der Waals surface area (Å²) in [5.74, 6) is 1.97. The third kappa shape index (κ3) is 4.61. The van der Waals surface area contributed by atoms with Gasteiger partial charge in [-0.1, -0.05) is 45.9 Å². The second kappa shape index (κ2) is 6.83. The molecule has 0 unspecified atom stereocenters. The van der Waals surface area contributed by atoms with Crippen LogP contribution in [-0.2, 0) is 0 Å². The largest absolute Gasteiger partial charge is 0.310 e. The molecule has 14 heavy (non-hydrogen) atoms. The van der Waals surface area contributed by atoms with Crippen LogP contribution in [0.2, 0.25) is 0 Å². The van der Waals surface area contributed by atoms with Gasteiger partial charge in [0.15, 0.2) is 0 Å². The molecule has 1 N–H and O–H groups in total. The van der Waals surface area contributed by atoms with Gasteiger partial charge in [0.25, 0.3) is 0 Å². The van der Waals surface area contributed by atoms with Gasteiger partial charge in [0, 0.05) is 13.1 Å². The van der Waals surface area contributed by atoms with Crippen molar-refractivity contribution in [1.29, 1.82) is 0 Å². The van der Waals surface area contributed by atoms with Gasteiger partial charge in [-0.25, -0.2) is 0 Å². The van der Waals surface area contributed by atoms with E-state index in [1.165, 1.54) is 5.57 Å². The normalized spacial score (nSPS) is 11.4. The zero-order valence-electron chi connectivity index (χ0n) is 10.1. The van der Waals surface area contributed by atoms with Gasteiger partial charge < -0.3 is 5.32 Å². The van der Waals surface area contributed by atoms with Gasteiger partial charge in [-0.15, -0.1) is 6.58 Å². The molecule has 82 valence electrons. The average Bonchev–Trinajstić information content (AvgIpc) is 2.03. The van der Waals surface area contributed by atoms with Crippen LogP contribution in [0.1, 0.15) is 27.7 Å². The van der Waals surface area contributed by atoms with Crippen molar-refractivity contribution in [2.75, 3.05) is 13.1 Å². The number of hydrogen-bond donors (Lipinski definition) is 1. The van der Waals surface area contributed by atoms with Crippen LogP contribution in [0.5, 0.6) is 0 Å². The minimum atomic E-state index is 0.618. The Morgan fingerprint density at radius 2 is 1.71 bits per heavy atom. The van der Waals surface area contributed by atoms with Crippen molar-refractivity contribution in [2.45, 2.75) is 27.7 Å². The maximum atomic E-state index is 4.17. The van der Waals surface area contributed by atoms with Crippen molar-refractivity contribution in [3.63, 3.8) is 0 Å². The van der Waals surface area contributed by atoms with Crippen molar-refractivity contribution in [3.05, 3.63) is 24.8 Å². The van der Waals surface area contributed by atoms with E-state index in [2.05, 4.69) is 46.2 Å². The number of hydrogen-bond acceptors (Lipinski definition) is 1. The second-order valence-electron chi connectivity index (χ2n) is 4.59. The van der Waals surface area contributed by atoms with Crippen molar-refractivity contribution < 1.29 is 0 Å². The molecule has 1 heteroatoms. The molecule has 0 atom stereocenters. The molecule has 0 aromatic rings. The quantitative estimate of drug-likeness (QED) is 0.486. The Bertz CT molecular complexity index is 172. The Labute approximate surface area is 89.3 Å². The first-order chi connectivity index (χ1) is 6.50. The zero-order valence-corrected chi connectivity index (χ0v) is 10.1. The summed E-state index contributed by atoms with van der Waals surface area (Å²) in [6, 6.07) is 0. The molecule has 0 heterocycles. The van der Waals surface area contributed by atoms with Crippen molar-refractivity contribution in [1.82, 2.24) is 5.32 Å². The third-order valence-electron chi connectivity index (χ3n) is 2.55. The minimum absolute atomic E-state index is 0.618. The average molecular weight is 195 g/mol. The van der Waals surface area contributed by atoms with E-state index >= 15 is 0 Å². The van der Waals surface area contributed by atoms with E-state index in [-0.39, 0.29) is 0 Å². The lowest BCUT2D eigenvalue weighted by Gasteiger charge is -2.27. The lowest BCUT2D eigenvalue weighted by Crippen LogP contribution is -2.26. The fourth-order valence-corrected chi connectivity index (χ4v) is 2.17. The smallest absolute Gasteiger partial charge is 0.0167 e. The van der Waals surface area contributed by atoms with Crippen molar-refractivity contribution >= 4 is 0 Å². The Kier molecular flexibility index (Phi) is 6.56. The molecule has 0 fully saturated rings. The maximum absolute atomic E-state index is 4.17. The molecule has 0 aliphatic rings. The Morgan fingerprint density at radius 1 is 1.21 bits per heavy atom. The molecule has 0 bridgehead atoms. The molecular weight excluding hydrogens is 170 g/mol. The van der Waals surface area contributed by atoms with Gasteiger partial charge >= 0.3 is 0 Å². The Morgan fingerprint density at radius 3 is 2.07 bits per heavy atom. The zero-order chi connectivity index (χ0) is 11.1. The highest BCUT2D eigenvalue weighted by molar-refractivity contribution is 5.05. The van der Waals surface area contributed by atoms with E-state index < -0.39 is 0 Å². The molecule has 0 saturated heterocycles. The highest BCUT2D eigenvalue weighted by Gasteiger charge is 2.19. The predicted molar refractivity (Wildman–Crippen MR) is 65.4 cm³/mol. The molecule has 1 nitrogen and oxygen atoms in total. The van der Waals surface area contributed by atoms with Crippen molar-refractivity contribution in [2.24, 2.45) is 17.8 Å². The van der Waals surface area contributed by atoms with Gasteiger partial charge in [0.1, 0.15) is 0 Å². The van der Waals surface area contributed by atoms with Crippen LogP contribution in [0, 0.1) is 17.8 Å². The highest BCUT2D eigenvalue weighted by atomic mass is 14.8. The summed E-state index contributed by atoms with van der Waals surface area (Å²) in [6.07, 6.45) is 1.88. The molecule has 0 aromatic carbocycles. The first-order valence-corrected chi connectivity index (χ1v) is 5.50. The van der Waals surface area contributed by atoms with Gasteiger partial charge in [0.05, 0.1) is 0 Å². The standard InChI is InChI=1S/C13H25N/c1-7-8-14-9-12(6)13(10(2)3)11(4)5/h7,10-11,13-14H,1,6,8-9H2,2-5H3. The molecule has 0 rings (SSSR count). The van der Waals surface area contributed by atoms with Crippen LogP contribution >= 0.6 is 0 Å². The summed E-state index contributed by atoms with van der Waals surface area (Å²) in [6.45, 7) is 18.7. The summed E-state index contributed by atoms with van der Waals surface area (Å²) in [7, 11) is 0. The van der Waals surface area contributed by atoms with Crippen LogP contribution in [0.3, 0.4) is 0 Å². The van der Waals surface area contributed by atoms with Crippen molar-refractivity contribution in [3.8, 4) is 0 Å². The molecule has 0 amide bonds. The van der Waals surface area contributed by atoms with Gasteiger partial charge in [-0.05, 0) is 17.8 Å². The topological polar surface area (TPSA) is 12.0 Å². The summed E-state index contributed by atoms with van der Waals surface area (Å²) < 4.78 is 0. The Balaban J connectivity index is 4.09. The third-order valence-corrected chi connectivity index (χ3v) is 2.55. The molecule has 0 aliphatic carbocycles. The molecule has 0 spiro atoms. The second-order valence-corrected chi connectivity index (χ2v) is 4.59. The molecule has 0 saturated carbocycles. The summed E-state index contributed by atoms with van der Waals surface area (Å²) in [5, 5.41) is 3.31. The van der Waals surface area contributed by atoms with E-state index in [1.54, 1.807) is 0 Å². The van der Waals surface area contributed by atoms with Gasteiger partial charge in [0.2, 0.25) is 0 Å². The molecular formula is C13H25N.